The molecule has 0 aromatic rings. The van der Waals surface area contributed by atoms with Gasteiger partial charge >= 0.3 is 0 Å². The molecule has 2 rings (SSSR count). The molecule has 0 aliphatic carbocycles. The molecule has 11 nitrogen and oxygen atoms in total. The van der Waals surface area contributed by atoms with Crippen LogP contribution in [0.2, 0.25) is 0 Å². The molecule has 1 radical (unpaired) electrons. The SMILES string of the molecule is OC[C@H]1O[C@@](CO)(O[C@H]2O[C@H](CO)[C@@H](O)[C@H](O)[C@H]2O)[C@@H](O)[C@@H]1O.[Au]. The third-order valence-electron chi connectivity index (χ3n) is 4.07. The Morgan fingerprint density at radius 1 is 0.792 bits per heavy atom. The monoisotopic (exact) mass is 539 g/mol. The molecule has 147 valence electrons. The summed E-state index contributed by atoms with van der Waals surface area (Å²) in [5, 5.41) is 76.7. The fourth-order valence-electron chi connectivity index (χ4n) is 2.63. The smallest absolute Gasteiger partial charge is 0.224 e. The van der Waals surface area contributed by atoms with Gasteiger partial charge in [0.05, 0.1) is 13.2 Å². The summed E-state index contributed by atoms with van der Waals surface area (Å²) in [6, 6.07) is 0. The van der Waals surface area contributed by atoms with Crippen LogP contribution in [0.3, 0.4) is 0 Å². The van der Waals surface area contributed by atoms with E-state index in [1.54, 1.807) is 0 Å². The molecule has 0 saturated carbocycles. The van der Waals surface area contributed by atoms with Gasteiger partial charge < -0.3 is 55.1 Å². The van der Waals surface area contributed by atoms with Crippen LogP contribution in [0.25, 0.3) is 0 Å². The maximum atomic E-state index is 10.00. The minimum atomic E-state index is -2.22. The van der Waals surface area contributed by atoms with Crippen molar-refractivity contribution in [3.8, 4) is 0 Å². The maximum absolute atomic E-state index is 10.00. The van der Waals surface area contributed by atoms with Gasteiger partial charge in [-0.05, 0) is 0 Å². The Morgan fingerprint density at radius 3 is 1.83 bits per heavy atom. The molecule has 2 aliphatic rings. The van der Waals surface area contributed by atoms with Crippen LogP contribution in [-0.4, -0.2) is 115 Å². The summed E-state index contributed by atoms with van der Waals surface area (Å²) in [4.78, 5) is 0. The van der Waals surface area contributed by atoms with Gasteiger partial charge in [-0.15, -0.1) is 0 Å². The fraction of sp³-hybridized carbons (Fsp3) is 1.00. The minimum absolute atomic E-state index is 0. The van der Waals surface area contributed by atoms with Crippen molar-refractivity contribution in [2.45, 2.75) is 54.8 Å². The van der Waals surface area contributed by atoms with Gasteiger partial charge in [0.15, 0.2) is 6.29 Å². The molecule has 0 aromatic heterocycles. The molecule has 9 atom stereocenters. The molecule has 8 N–H and O–H groups in total. The van der Waals surface area contributed by atoms with Gasteiger partial charge in [0.25, 0.3) is 0 Å². The summed E-state index contributed by atoms with van der Waals surface area (Å²) in [5.74, 6) is -2.22. The van der Waals surface area contributed by atoms with E-state index in [4.69, 9.17) is 24.4 Å². The molecule has 0 amide bonds. The van der Waals surface area contributed by atoms with E-state index >= 15 is 0 Å². The van der Waals surface area contributed by atoms with Crippen LogP contribution in [0, 0.1) is 0 Å². The summed E-state index contributed by atoms with van der Waals surface area (Å²) in [6.45, 7) is -2.32. The first-order valence-corrected chi connectivity index (χ1v) is 7.05. The van der Waals surface area contributed by atoms with E-state index in [1.807, 2.05) is 0 Å². The molecule has 2 fully saturated rings. The topological polar surface area (TPSA) is 190 Å². The number of rotatable bonds is 5. The second-order valence-electron chi connectivity index (χ2n) is 5.56. The number of hydrogen-bond acceptors (Lipinski definition) is 11. The van der Waals surface area contributed by atoms with Crippen molar-refractivity contribution in [1.82, 2.24) is 0 Å². The molecule has 2 saturated heterocycles. The van der Waals surface area contributed by atoms with Crippen molar-refractivity contribution in [2.24, 2.45) is 0 Å². The molecule has 2 heterocycles. The number of hydrogen-bond donors (Lipinski definition) is 8. The summed E-state index contributed by atoms with van der Waals surface area (Å²) in [6.07, 6.45) is -12.7. The largest absolute Gasteiger partial charge is 0.394 e. The molecule has 0 unspecified atom stereocenters. The van der Waals surface area contributed by atoms with E-state index < -0.39 is 74.6 Å². The van der Waals surface area contributed by atoms with E-state index in [-0.39, 0.29) is 22.4 Å². The third kappa shape index (κ3) is 3.84. The molecular weight excluding hydrogens is 517 g/mol. The molecule has 0 bridgehead atoms. The second-order valence-corrected chi connectivity index (χ2v) is 5.56. The quantitative estimate of drug-likeness (QED) is 0.156. The van der Waals surface area contributed by atoms with Crippen molar-refractivity contribution in [1.29, 1.82) is 0 Å². The second kappa shape index (κ2) is 8.79. The Bertz CT molecular complexity index is 399. The van der Waals surface area contributed by atoms with Gasteiger partial charge in [-0.1, -0.05) is 0 Å². The van der Waals surface area contributed by atoms with Crippen molar-refractivity contribution in [2.75, 3.05) is 19.8 Å². The number of ether oxygens (including phenoxy) is 3. The van der Waals surface area contributed by atoms with E-state index in [0.29, 0.717) is 0 Å². The Hall–Kier alpha value is 0.300. The normalized spacial score (nSPS) is 49.0. The summed E-state index contributed by atoms with van der Waals surface area (Å²) >= 11 is 0. The fourth-order valence-corrected chi connectivity index (χ4v) is 2.63. The van der Waals surface area contributed by atoms with Gasteiger partial charge in [0.1, 0.15) is 49.3 Å². The molecular formula is C12H22AuO11. The predicted octanol–water partition coefficient (Wildman–Crippen LogP) is -5.40. The number of aliphatic hydroxyl groups is 8. The van der Waals surface area contributed by atoms with Crippen molar-refractivity contribution in [3.05, 3.63) is 0 Å². The molecule has 12 heteroatoms. The first-order chi connectivity index (χ1) is 10.8. The first kappa shape index (κ1) is 22.3. The van der Waals surface area contributed by atoms with Crippen LogP contribution in [0.4, 0.5) is 0 Å². The Balaban J connectivity index is 0.00000288. The van der Waals surface area contributed by atoms with E-state index in [1.165, 1.54) is 0 Å². The first-order valence-electron chi connectivity index (χ1n) is 7.05. The Labute approximate surface area is 152 Å². The minimum Gasteiger partial charge on any atom is -0.394 e. The van der Waals surface area contributed by atoms with Crippen molar-refractivity contribution >= 4 is 0 Å². The zero-order chi connectivity index (χ0) is 17.4. The van der Waals surface area contributed by atoms with Crippen molar-refractivity contribution in [3.63, 3.8) is 0 Å². The standard InChI is InChI=1S/C12H22O11.Au/c13-1-4-6(16)8(18)9(19)11(21-4)23-12(3-15)10(20)7(17)5(2-14)22-12;/h4-11,13-20H,1-3H2;/t4-,5-,6-,7-,8+,9-,10+,11-,12+;/m1./s1. The predicted molar refractivity (Wildman–Crippen MR) is 68.6 cm³/mol. The van der Waals surface area contributed by atoms with Gasteiger partial charge in [0, 0.05) is 22.4 Å². The average molecular weight is 539 g/mol. The molecule has 0 aromatic carbocycles. The van der Waals surface area contributed by atoms with Gasteiger partial charge in [-0.2, -0.15) is 0 Å². The van der Waals surface area contributed by atoms with Crippen LogP contribution in [0.15, 0.2) is 0 Å². The van der Waals surface area contributed by atoms with Crippen LogP contribution >= 0.6 is 0 Å². The average Bonchev–Trinajstić information content (AvgIpc) is 2.80. The van der Waals surface area contributed by atoms with Crippen LogP contribution in [-0.2, 0) is 36.6 Å². The summed E-state index contributed by atoms with van der Waals surface area (Å²) in [7, 11) is 0. The van der Waals surface area contributed by atoms with Gasteiger partial charge in [0.2, 0.25) is 5.79 Å². The summed E-state index contributed by atoms with van der Waals surface area (Å²) < 4.78 is 15.4. The van der Waals surface area contributed by atoms with E-state index in [0.717, 1.165) is 0 Å². The molecule has 0 spiro atoms. The third-order valence-corrected chi connectivity index (χ3v) is 4.07. The molecule has 2 aliphatic heterocycles. The Kier molecular flexibility index (Phi) is 8.19. The number of aliphatic hydroxyl groups excluding tert-OH is 8. The van der Waals surface area contributed by atoms with E-state index in [9.17, 15) is 30.6 Å². The van der Waals surface area contributed by atoms with Gasteiger partial charge in [-0.3, -0.25) is 0 Å². The molecule has 24 heavy (non-hydrogen) atoms. The van der Waals surface area contributed by atoms with Crippen LogP contribution in [0.1, 0.15) is 0 Å². The van der Waals surface area contributed by atoms with Crippen molar-refractivity contribution < 1.29 is 77.4 Å². The summed E-state index contributed by atoms with van der Waals surface area (Å²) in [5.41, 5.74) is 0. The van der Waals surface area contributed by atoms with Crippen LogP contribution < -0.4 is 0 Å². The zero-order valence-corrected chi connectivity index (χ0v) is 14.5. The van der Waals surface area contributed by atoms with Gasteiger partial charge in [-0.25, -0.2) is 0 Å². The zero-order valence-electron chi connectivity index (χ0n) is 12.3. The van der Waals surface area contributed by atoms with E-state index in [2.05, 4.69) is 0 Å². The Morgan fingerprint density at radius 2 is 1.38 bits per heavy atom. The van der Waals surface area contributed by atoms with Crippen LogP contribution in [0.5, 0.6) is 0 Å². The maximum Gasteiger partial charge on any atom is 0.224 e.